The molecule has 39 heavy (non-hydrogen) atoms. The van der Waals surface area contributed by atoms with Crippen LogP contribution in [0.15, 0.2) is 53.6 Å². The summed E-state index contributed by atoms with van der Waals surface area (Å²) < 4.78 is 11.7. The lowest BCUT2D eigenvalue weighted by Crippen LogP contribution is -2.33. The fourth-order valence-electron chi connectivity index (χ4n) is 5.47. The van der Waals surface area contributed by atoms with Gasteiger partial charge in [-0.25, -0.2) is 0 Å². The van der Waals surface area contributed by atoms with Gasteiger partial charge in [0.15, 0.2) is 12.1 Å². The van der Waals surface area contributed by atoms with Crippen molar-refractivity contribution in [3.8, 4) is 0 Å². The third-order valence-electron chi connectivity index (χ3n) is 8.01. The molecule has 1 atom stereocenters. The molecule has 0 amide bonds. The molecule has 0 bridgehead atoms. The van der Waals surface area contributed by atoms with E-state index in [0.29, 0.717) is 17.4 Å². The molecule has 1 aromatic heterocycles. The van der Waals surface area contributed by atoms with Gasteiger partial charge in [0, 0.05) is 32.3 Å². The molecule has 4 rings (SSSR count). The van der Waals surface area contributed by atoms with E-state index in [1.54, 1.807) is 0 Å². The van der Waals surface area contributed by atoms with Crippen molar-refractivity contribution in [2.24, 2.45) is 0 Å². The Hall–Kier alpha value is -3.29. The van der Waals surface area contributed by atoms with Gasteiger partial charge in [0.1, 0.15) is 0 Å². The van der Waals surface area contributed by atoms with Crippen LogP contribution in [-0.4, -0.2) is 55.3 Å². The number of hydrogen-bond donors (Lipinski definition) is 1. The predicted molar refractivity (Wildman–Crippen MR) is 159 cm³/mol. The lowest BCUT2D eigenvalue weighted by Gasteiger charge is -2.31. The zero-order valence-corrected chi connectivity index (χ0v) is 23.7. The number of aldehydes is 1. The van der Waals surface area contributed by atoms with Crippen molar-refractivity contribution in [2.45, 2.75) is 64.4 Å². The van der Waals surface area contributed by atoms with Gasteiger partial charge < -0.3 is 19.5 Å². The molecule has 7 nitrogen and oxygen atoms in total. The van der Waals surface area contributed by atoms with Crippen LogP contribution in [0.5, 0.6) is 0 Å². The maximum atomic E-state index is 11.7. The molecule has 7 heteroatoms. The van der Waals surface area contributed by atoms with E-state index in [9.17, 15) is 4.79 Å². The van der Waals surface area contributed by atoms with Crippen LogP contribution >= 0.6 is 0 Å². The smallest absolute Gasteiger partial charge is 0.324 e. The van der Waals surface area contributed by atoms with Gasteiger partial charge in [-0.3, -0.25) is 4.79 Å². The largest absolute Gasteiger partial charge is 0.378 e. The van der Waals surface area contributed by atoms with Gasteiger partial charge in [-0.2, -0.15) is 4.98 Å². The van der Waals surface area contributed by atoms with Crippen molar-refractivity contribution >= 4 is 29.0 Å². The highest BCUT2D eigenvalue weighted by Gasteiger charge is 2.33. The minimum Gasteiger partial charge on any atom is -0.378 e. The molecule has 1 saturated heterocycles. The van der Waals surface area contributed by atoms with E-state index < -0.39 is 0 Å². The lowest BCUT2D eigenvalue weighted by molar-refractivity contribution is -0.0282. The molecule has 0 saturated carbocycles. The Labute approximate surface area is 232 Å². The lowest BCUT2D eigenvalue weighted by atomic mass is 9.89. The van der Waals surface area contributed by atoms with Crippen LogP contribution < -0.4 is 10.2 Å². The highest BCUT2D eigenvalue weighted by molar-refractivity contribution is 5.88. The number of anilines is 1. The summed E-state index contributed by atoms with van der Waals surface area (Å²) in [5.41, 5.74) is 5.73. The first-order valence-corrected chi connectivity index (χ1v) is 14.2. The molecule has 1 N–H and O–H groups in total. The van der Waals surface area contributed by atoms with Crippen LogP contribution in [-0.2, 0) is 4.74 Å². The first kappa shape index (κ1) is 28.7. The molecule has 3 heterocycles. The van der Waals surface area contributed by atoms with E-state index in [1.807, 2.05) is 44.4 Å². The maximum Gasteiger partial charge on any atom is 0.324 e. The maximum absolute atomic E-state index is 11.7. The quantitative estimate of drug-likeness (QED) is 0.262. The molecule has 0 radical (unpaired) electrons. The molecule has 1 aromatic carbocycles. The third-order valence-corrected chi connectivity index (χ3v) is 8.01. The van der Waals surface area contributed by atoms with E-state index in [1.165, 1.54) is 18.4 Å². The fraction of sp³-hybridized carbons (Fsp3) is 0.469. The van der Waals surface area contributed by atoms with E-state index in [2.05, 4.69) is 41.0 Å². The topological polar surface area (TPSA) is 80.5 Å². The molecule has 1 fully saturated rings. The third kappa shape index (κ3) is 7.02. The molecule has 2 aliphatic rings. The van der Waals surface area contributed by atoms with Crippen molar-refractivity contribution in [2.75, 3.05) is 38.2 Å². The molecule has 0 aliphatic carbocycles. The second-order valence-electron chi connectivity index (χ2n) is 10.5. The fourth-order valence-corrected chi connectivity index (χ4v) is 5.47. The van der Waals surface area contributed by atoms with E-state index >= 15 is 0 Å². The number of ether oxygens (including phenoxy) is 1. The predicted octanol–water partition coefficient (Wildman–Crippen LogP) is 6.50. The summed E-state index contributed by atoms with van der Waals surface area (Å²) in [5, 5.41) is 7.60. The van der Waals surface area contributed by atoms with Gasteiger partial charge in [0.05, 0.1) is 5.60 Å². The van der Waals surface area contributed by atoms with Crippen LogP contribution in [0.1, 0.15) is 86.1 Å². The monoisotopic (exact) mass is 530 g/mol. The molecule has 208 valence electrons. The van der Waals surface area contributed by atoms with Gasteiger partial charge in [-0.15, -0.1) is 0 Å². The minimum absolute atomic E-state index is 0.0521. The first-order chi connectivity index (χ1) is 19.0. The highest BCUT2D eigenvalue weighted by atomic mass is 16.5. The van der Waals surface area contributed by atoms with Gasteiger partial charge in [-0.05, 0) is 79.5 Å². The van der Waals surface area contributed by atoms with Crippen molar-refractivity contribution in [1.29, 1.82) is 0 Å². The van der Waals surface area contributed by atoms with Crippen molar-refractivity contribution in [1.82, 2.24) is 15.5 Å². The highest BCUT2D eigenvalue weighted by Crippen LogP contribution is 2.33. The number of rotatable bonds is 11. The number of unbranched alkanes of at least 4 members (excludes halogenated alkanes) is 1. The van der Waals surface area contributed by atoms with Crippen molar-refractivity contribution in [3.63, 3.8) is 0 Å². The summed E-state index contributed by atoms with van der Waals surface area (Å²) in [6, 6.07) is 6.51. The molecular weight excluding hydrogens is 488 g/mol. The minimum atomic E-state index is -0.0521. The van der Waals surface area contributed by atoms with Gasteiger partial charge >= 0.3 is 6.01 Å². The molecule has 2 aromatic rings. The van der Waals surface area contributed by atoms with Crippen LogP contribution in [0.25, 0.3) is 16.7 Å². The Morgan fingerprint density at radius 1 is 1.28 bits per heavy atom. The summed E-state index contributed by atoms with van der Waals surface area (Å²) in [4.78, 5) is 18.6. The van der Waals surface area contributed by atoms with E-state index in [4.69, 9.17) is 14.2 Å². The Kier molecular flexibility index (Phi) is 10.1. The second kappa shape index (κ2) is 13.7. The average Bonchev–Trinajstić information content (AvgIpc) is 3.38. The molecule has 0 spiro atoms. The Bertz CT molecular complexity index is 1240. The van der Waals surface area contributed by atoms with Crippen molar-refractivity contribution in [3.05, 3.63) is 71.6 Å². The number of aromatic nitrogens is 2. The Morgan fingerprint density at radius 2 is 2.15 bits per heavy atom. The number of benzene rings is 1. The SMILES string of the molecule is C=C/C(=C\C=C(/C)c1noc(N2CCCC(CCCC)(OC)CC2)n1)c1ccc(C=O)c(C2=CCNCC2)c1. The number of nitrogens with one attached hydrogen (secondary N) is 1. The number of carbonyl (C=O) groups is 1. The number of hydrogen-bond acceptors (Lipinski definition) is 7. The van der Waals surface area contributed by atoms with Gasteiger partial charge in [0.2, 0.25) is 0 Å². The summed E-state index contributed by atoms with van der Waals surface area (Å²) in [6.07, 6.45) is 16.3. The molecule has 1 unspecified atom stereocenters. The summed E-state index contributed by atoms with van der Waals surface area (Å²) >= 11 is 0. The molecule has 2 aliphatic heterocycles. The number of nitrogens with zero attached hydrogens (tertiary/aromatic N) is 3. The zero-order valence-electron chi connectivity index (χ0n) is 23.7. The summed E-state index contributed by atoms with van der Waals surface area (Å²) in [5.74, 6) is 0.578. The van der Waals surface area contributed by atoms with Crippen LogP contribution in [0, 0.1) is 0 Å². The Balaban J connectivity index is 1.50. The summed E-state index contributed by atoms with van der Waals surface area (Å²) in [7, 11) is 1.84. The van der Waals surface area contributed by atoms with E-state index in [-0.39, 0.29) is 5.60 Å². The molecular formula is C32H42N4O3. The number of allylic oxidation sites excluding steroid dienone is 5. The summed E-state index contributed by atoms with van der Waals surface area (Å²) in [6.45, 7) is 11.7. The van der Waals surface area contributed by atoms with Crippen LogP contribution in [0.3, 0.4) is 0 Å². The zero-order chi connectivity index (χ0) is 27.7. The second-order valence-corrected chi connectivity index (χ2v) is 10.5. The first-order valence-electron chi connectivity index (χ1n) is 14.2. The standard InChI is InChI=1S/C32H42N4O3/c1-5-7-15-32(38-4)16-8-20-36(21-17-32)31-34-30(35-39-31)24(3)9-10-25(6-2)27-11-12-28(23-37)29(22-27)26-13-18-33-19-14-26/h6,9-13,22-23,33H,2,5,7-8,14-21H2,1,3-4H3/b24-9+,25-10+. The normalized spacial score (nSPS) is 20.9. The van der Waals surface area contributed by atoms with Crippen LogP contribution in [0.4, 0.5) is 6.01 Å². The van der Waals surface area contributed by atoms with Gasteiger partial charge in [0.25, 0.3) is 0 Å². The number of methoxy groups -OCH3 is 1. The van der Waals surface area contributed by atoms with Crippen LogP contribution in [0.2, 0.25) is 0 Å². The van der Waals surface area contributed by atoms with Crippen molar-refractivity contribution < 1.29 is 14.1 Å². The average molecular weight is 531 g/mol. The Morgan fingerprint density at radius 3 is 2.87 bits per heavy atom. The number of carbonyl (C=O) groups excluding carboxylic acids is 1. The van der Waals surface area contributed by atoms with E-state index in [0.717, 1.165) is 86.8 Å². The van der Waals surface area contributed by atoms with Gasteiger partial charge in [-0.1, -0.05) is 67.9 Å².